The van der Waals surface area contributed by atoms with Crippen LogP contribution in [0.1, 0.15) is 53.4 Å². The summed E-state index contributed by atoms with van der Waals surface area (Å²) >= 11 is 1.83. The highest BCUT2D eigenvalue weighted by atomic mass is 127. The molecule has 0 heterocycles. The summed E-state index contributed by atoms with van der Waals surface area (Å²) in [6.45, 7) is 11.1. The van der Waals surface area contributed by atoms with Gasteiger partial charge in [-0.15, -0.1) is 24.0 Å². The number of rotatable bonds is 6. The topological polar surface area (TPSA) is 56.7 Å². The van der Waals surface area contributed by atoms with Gasteiger partial charge in [-0.05, 0) is 39.9 Å². The molecule has 2 unspecified atom stereocenters. The van der Waals surface area contributed by atoms with E-state index in [2.05, 4.69) is 49.6 Å². The number of nitrogens with zero attached hydrogens (tertiary/aromatic N) is 1. The van der Waals surface area contributed by atoms with Crippen LogP contribution in [0.2, 0.25) is 0 Å². The van der Waals surface area contributed by atoms with E-state index >= 15 is 0 Å². The van der Waals surface area contributed by atoms with Gasteiger partial charge in [0.15, 0.2) is 5.96 Å². The van der Waals surface area contributed by atoms with Crippen molar-refractivity contribution < 1.29 is 5.11 Å². The van der Waals surface area contributed by atoms with Gasteiger partial charge in [0.1, 0.15) is 0 Å². The molecule has 1 rings (SSSR count). The first-order valence-electron chi connectivity index (χ1n) is 8.08. The van der Waals surface area contributed by atoms with Gasteiger partial charge >= 0.3 is 0 Å². The van der Waals surface area contributed by atoms with Gasteiger partial charge in [0, 0.05) is 23.3 Å². The molecule has 2 atom stereocenters. The average Bonchev–Trinajstić information content (AvgIpc) is 2.45. The smallest absolute Gasteiger partial charge is 0.191 e. The lowest BCUT2D eigenvalue weighted by atomic mass is 9.73. The maximum absolute atomic E-state index is 10.3. The fourth-order valence-corrected chi connectivity index (χ4v) is 2.74. The van der Waals surface area contributed by atoms with Gasteiger partial charge in [0.25, 0.3) is 0 Å². The van der Waals surface area contributed by atoms with E-state index in [1.54, 1.807) is 0 Å². The van der Waals surface area contributed by atoms with Crippen LogP contribution in [0.5, 0.6) is 0 Å². The fraction of sp³-hybridized carbons (Fsp3) is 0.938. The molecule has 6 heteroatoms. The van der Waals surface area contributed by atoms with Crippen molar-refractivity contribution in [2.75, 3.05) is 25.9 Å². The van der Waals surface area contributed by atoms with Gasteiger partial charge in [-0.2, -0.15) is 11.8 Å². The molecular weight excluding hydrogens is 409 g/mol. The molecule has 0 saturated heterocycles. The van der Waals surface area contributed by atoms with Gasteiger partial charge in [-0.25, -0.2) is 0 Å². The minimum atomic E-state index is -0.204. The number of nitrogens with one attached hydrogen (secondary N) is 2. The van der Waals surface area contributed by atoms with Crippen LogP contribution in [0.15, 0.2) is 4.99 Å². The van der Waals surface area contributed by atoms with Crippen molar-refractivity contribution in [1.82, 2.24) is 10.6 Å². The van der Waals surface area contributed by atoms with E-state index in [0.717, 1.165) is 44.9 Å². The summed E-state index contributed by atoms with van der Waals surface area (Å²) in [6, 6.07) is 0. The second-order valence-electron chi connectivity index (χ2n) is 6.93. The Balaban J connectivity index is 0.00000441. The largest absolute Gasteiger partial charge is 0.392 e. The summed E-state index contributed by atoms with van der Waals surface area (Å²) in [5.74, 6) is 0.860. The van der Waals surface area contributed by atoms with E-state index in [-0.39, 0.29) is 40.2 Å². The molecule has 0 spiro atoms. The third-order valence-corrected chi connectivity index (χ3v) is 5.69. The second kappa shape index (κ2) is 10.2. The number of hydrogen-bond donors (Lipinski definition) is 3. The monoisotopic (exact) mass is 443 g/mol. The van der Waals surface area contributed by atoms with Crippen molar-refractivity contribution >= 4 is 41.7 Å². The van der Waals surface area contributed by atoms with E-state index < -0.39 is 0 Å². The maximum atomic E-state index is 10.3. The predicted octanol–water partition coefficient (Wildman–Crippen LogP) is 3.24. The van der Waals surface area contributed by atoms with E-state index in [1.807, 2.05) is 11.8 Å². The summed E-state index contributed by atoms with van der Waals surface area (Å²) in [7, 11) is 0. The van der Waals surface area contributed by atoms with Crippen LogP contribution >= 0.6 is 35.7 Å². The molecule has 0 aromatic heterocycles. The van der Waals surface area contributed by atoms with Gasteiger partial charge in [0.05, 0.1) is 12.6 Å². The van der Waals surface area contributed by atoms with Crippen molar-refractivity contribution in [3.05, 3.63) is 0 Å². The van der Waals surface area contributed by atoms with Crippen LogP contribution < -0.4 is 10.6 Å². The van der Waals surface area contributed by atoms with E-state index in [1.165, 1.54) is 6.42 Å². The fourth-order valence-electron chi connectivity index (χ4n) is 2.55. The third kappa shape index (κ3) is 7.25. The van der Waals surface area contributed by atoms with Crippen LogP contribution in [0.3, 0.4) is 0 Å². The Hall–Kier alpha value is 0.310. The molecule has 1 fully saturated rings. The summed E-state index contributed by atoms with van der Waals surface area (Å²) in [4.78, 5) is 4.69. The molecule has 0 aromatic carbocycles. The van der Waals surface area contributed by atoms with E-state index in [0.29, 0.717) is 0 Å². The summed E-state index contributed by atoms with van der Waals surface area (Å²) in [5, 5.41) is 17.0. The molecule has 0 radical (unpaired) electrons. The Morgan fingerprint density at radius 1 is 1.36 bits per heavy atom. The molecule has 1 saturated carbocycles. The molecule has 0 aromatic rings. The van der Waals surface area contributed by atoms with E-state index in [4.69, 9.17) is 0 Å². The molecule has 22 heavy (non-hydrogen) atoms. The zero-order valence-corrected chi connectivity index (χ0v) is 17.9. The highest BCUT2D eigenvalue weighted by molar-refractivity contribution is 14.0. The molecule has 0 amide bonds. The first-order valence-corrected chi connectivity index (χ1v) is 9.31. The Bertz CT molecular complexity index is 352. The molecule has 3 N–H and O–H groups in total. The number of aliphatic imine (C=N–C) groups is 1. The first kappa shape index (κ1) is 22.3. The standard InChI is InChI=1S/C16H33N3OS.HI/c1-6-17-14(18-11-15(2,3)21-5)19-12-16(4)10-8-7-9-13(16)20;/h13,20H,6-12H2,1-5H3,(H2,17,18,19);1H. The molecule has 4 nitrogen and oxygen atoms in total. The number of halogens is 1. The van der Waals surface area contributed by atoms with Crippen LogP contribution in [-0.4, -0.2) is 47.8 Å². The minimum Gasteiger partial charge on any atom is -0.392 e. The van der Waals surface area contributed by atoms with Crippen LogP contribution in [0, 0.1) is 5.41 Å². The Morgan fingerprint density at radius 2 is 2.05 bits per heavy atom. The quantitative estimate of drug-likeness (QED) is 0.335. The van der Waals surface area contributed by atoms with Crippen molar-refractivity contribution in [2.45, 2.75) is 64.2 Å². The summed E-state index contributed by atoms with van der Waals surface area (Å²) < 4.78 is 0.149. The molecule has 1 aliphatic rings. The number of guanidine groups is 1. The zero-order chi connectivity index (χ0) is 15.9. The zero-order valence-electron chi connectivity index (χ0n) is 14.7. The number of aliphatic hydroxyl groups excluding tert-OH is 1. The SMILES string of the molecule is CCNC(=NCC(C)(C)SC)NCC1(C)CCCCC1O.I. The minimum absolute atomic E-state index is 0. The molecular formula is C16H34IN3OS. The summed E-state index contributed by atoms with van der Waals surface area (Å²) in [5.41, 5.74) is -0.0382. The normalized spacial score (nSPS) is 26.3. The average molecular weight is 443 g/mol. The lowest BCUT2D eigenvalue weighted by Gasteiger charge is -2.38. The molecule has 132 valence electrons. The predicted molar refractivity (Wildman–Crippen MR) is 110 cm³/mol. The first-order chi connectivity index (χ1) is 9.83. The number of hydrogen-bond acceptors (Lipinski definition) is 3. The van der Waals surface area contributed by atoms with Crippen LogP contribution in [0.25, 0.3) is 0 Å². The highest BCUT2D eigenvalue weighted by Crippen LogP contribution is 2.35. The molecule has 1 aliphatic carbocycles. The Labute approximate surface area is 157 Å². The van der Waals surface area contributed by atoms with Crippen molar-refractivity contribution in [3.63, 3.8) is 0 Å². The Morgan fingerprint density at radius 3 is 2.59 bits per heavy atom. The van der Waals surface area contributed by atoms with Crippen LogP contribution in [-0.2, 0) is 0 Å². The van der Waals surface area contributed by atoms with Gasteiger partial charge < -0.3 is 15.7 Å². The van der Waals surface area contributed by atoms with Crippen molar-refractivity contribution in [2.24, 2.45) is 10.4 Å². The lowest BCUT2D eigenvalue weighted by molar-refractivity contribution is 0.00397. The Kier molecular flexibility index (Phi) is 10.4. The molecule has 0 bridgehead atoms. The van der Waals surface area contributed by atoms with Gasteiger partial charge in [-0.1, -0.05) is 19.8 Å². The third-order valence-electron chi connectivity index (χ3n) is 4.45. The van der Waals surface area contributed by atoms with Crippen molar-refractivity contribution in [1.29, 1.82) is 0 Å². The molecule has 0 aliphatic heterocycles. The second-order valence-corrected chi connectivity index (χ2v) is 8.44. The lowest BCUT2D eigenvalue weighted by Crippen LogP contribution is -2.48. The number of thioether (sulfide) groups is 1. The van der Waals surface area contributed by atoms with E-state index in [9.17, 15) is 5.11 Å². The maximum Gasteiger partial charge on any atom is 0.191 e. The number of aliphatic hydroxyl groups is 1. The summed E-state index contributed by atoms with van der Waals surface area (Å²) in [6.07, 6.45) is 6.27. The van der Waals surface area contributed by atoms with Crippen molar-refractivity contribution in [3.8, 4) is 0 Å². The van der Waals surface area contributed by atoms with Crippen LogP contribution in [0.4, 0.5) is 0 Å². The van der Waals surface area contributed by atoms with Gasteiger partial charge in [-0.3, -0.25) is 4.99 Å². The highest BCUT2D eigenvalue weighted by Gasteiger charge is 2.35. The van der Waals surface area contributed by atoms with Gasteiger partial charge in [0.2, 0.25) is 0 Å².